The number of benzene rings is 1. The van der Waals surface area contributed by atoms with Gasteiger partial charge in [0.1, 0.15) is 18.3 Å². The molecule has 72 valence electrons. The number of fused-ring (bicyclic) bond motifs is 1. The summed E-state index contributed by atoms with van der Waals surface area (Å²) in [6.07, 6.45) is 5.01. The molecular formula is C12H15N2+. The van der Waals surface area contributed by atoms with Crippen molar-refractivity contribution in [3.63, 3.8) is 0 Å². The van der Waals surface area contributed by atoms with Crippen LogP contribution in [0.25, 0.3) is 0 Å². The van der Waals surface area contributed by atoms with Crippen molar-refractivity contribution < 1.29 is 4.58 Å². The summed E-state index contributed by atoms with van der Waals surface area (Å²) < 4.78 is 2.48. The summed E-state index contributed by atoms with van der Waals surface area (Å²) >= 11 is 0. The van der Waals surface area contributed by atoms with Crippen LogP contribution in [0.1, 0.15) is 12.8 Å². The van der Waals surface area contributed by atoms with E-state index in [0.29, 0.717) is 0 Å². The van der Waals surface area contributed by atoms with E-state index < -0.39 is 0 Å². The van der Waals surface area contributed by atoms with Crippen LogP contribution in [0.15, 0.2) is 30.3 Å². The van der Waals surface area contributed by atoms with Crippen LogP contribution in [-0.2, 0) is 0 Å². The zero-order valence-electron chi connectivity index (χ0n) is 8.26. The third-order valence-corrected chi connectivity index (χ3v) is 3.21. The van der Waals surface area contributed by atoms with Crippen LogP contribution in [0.4, 0.5) is 5.69 Å². The van der Waals surface area contributed by atoms with Crippen LogP contribution in [0.3, 0.4) is 0 Å². The predicted molar refractivity (Wildman–Crippen MR) is 58.0 cm³/mol. The molecule has 0 bridgehead atoms. The highest BCUT2D eigenvalue weighted by Crippen LogP contribution is 2.22. The summed E-state index contributed by atoms with van der Waals surface area (Å²) in [5, 5.41) is 0. The number of hydrogen-bond acceptors (Lipinski definition) is 1. The summed E-state index contributed by atoms with van der Waals surface area (Å²) in [6.45, 7) is 2.41. The first kappa shape index (κ1) is 8.04. The van der Waals surface area contributed by atoms with Crippen molar-refractivity contribution in [2.75, 3.05) is 18.0 Å². The van der Waals surface area contributed by atoms with E-state index in [9.17, 15) is 0 Å². The molecular weight excluding hydrogens is 172 g/mol. The molecule has 3 rings (SSSR count). The molecule has 0 aromatic heterocycles. The zero-order valence-corrected chi connectivity index (χ0v) is 8.26. The van der Waals surface area contributed by atoms with Gasteiger partial charge < -0.3 is 0 Å². The Kier molecular flexibility index (Phi) is 1.79. The lowest BCUT2D eigenvalue weighted by Gasteiger charge is -2.07. The maximum absolute atomic E-state index is 2.48. The third kappa shape index (κ3) is 1.22. The van der Waals surface area contributed by atoms with E-state index in [1.165, 1.54) is 31.6 Å². The molecule has 1 fully saturated rings. The first-order valence-electron chi connectivity index (χ1n) is 5.36. The molecule has 1 aromatic rings. The molecule has 0 aliphatic carbocycles. The van der Waals surface area contributed by atoms with Gasteiger partial charge in [0.15, 0.2) is 0 Å². The van der Waals surface area contributed by atoms with E-state index in [1.54, 1.807) is 0 Å². The second-order valence-electron chi connectivity index (χ2n) is 4.14. The summed E-state index contributed by atoms with van der Waals surface area (Å²) in [5.74, 6) is 0. The first-order chi connectivity index (χ1) is 6.93. The van der Waals surface area contributed by atoms with Gasteiger partial charge in [-0.15, -0.1) is 0 Å². The molecule has 2 heterocycles. The van der Waals surface area contributed by atoms with Gasteiger partial charge in [-0.2, -0.15) is 0 Å². The summed E-state index contributed by atoms with van der Waals surface area (Å²) in [7, 11) is 0. The quantitative estimate of drug-likeness (QED) is 0.607. The fourth-order valence-electron chi connectivity index (χ4n) is 2.45. The summed E-state index contributed by atoms with van der Waals surface area (Å²) in [4.78, 5) is 2.36. The normalized spacial score (nSPS) is 25.0. The Bertz CT molecular complexity index is 356. The molecule has 2 heteroatoms. The van der Waals surface area contributed by atoms with E-state index in [4.69, 9.17) is 0 Å². The van der Waals surface area contributed by atoms with Crippen molar-refractivity contribution in [3.05, 3.63) is 30.3 Å². The van der Waals surface area contributed by atoms with Crippen LogP contribution in [0, 0.1) is 0 Å². The second-order valence-corrected chi connectivity index (χ2v) is 4.14. The number of nitrogens with zero attached hydrogens (tertiary/aromatic N) is 2. The molecule has 2 nitrogen and oxygen atoms in total. The van der Waals surface area contributed by atoms with Gasteiger partial charge in [0, 0.05) is 0 Å². The lowest BCUT2D eigenvalue weighted by molar-refractivity contribution is -0.529. The van der Waals surface area contributed by atoms with Crippen LogP contribution < -0.4 is 4.90 Å². The monoisotopic (exact) mass is 187 g/mol. The lowest BCUT2D eigenvalue weighted by Crippen LogP contribution is -2.22. The highest BCUT2D eigenvalue weighted by Gasteiger charge is 2.34. The fourth-order valence-corrected chi connectivity index (χ4v) is 2.45. The van der Waals surface area contributed by atoms with Crippen LogP contribution in [-0.4, -0.2) is 30.0 Å². The Morgan fingerprint density at radius 2 is 2.07 bits per heavy atom. The molecule has 0 saturated carbocycles. The smallest absolute Gasteiger partial charge is 0.239 e. The molecule has 2 aliphatic heterocycles. The molecule has 1 atom stereocenters. The Morgan fingerprint density at radius 1 is 1.21 bits per heavy atom. The number of para-hydroxylation sites is 1. The van der Waals surface area contributed by atoms with Gasteiger partial charge in [-0.3, -0.25) is 4.58 Å². The van der Waals surface area contributed by atoms with Crippen molar-refractivity contribution in [2.24, 2.45) is 0 Å². The minimum Gasteiger partial charge on any atom is -0.261 e. The Hall–Kier alpha value is -1.31. The van der Waals surface area contributed by atoms with Crippen molar-refractivity contribution in [1.29, 1.82) is 0 Å². The Morgan fingerprint density at radius 3 is 2.86 bits per heavy atom. The molecule has 2 aliphatic rings. The summed E-state index contributed by atoms with van der Waals surface area (Å²) in [5.41, 5.74) is 1.32. The van der Waals surface area contributed by atoms with E-state index >= 15 is 0 Å². The van der Waals surface area contributed by atoms with Crippen molar-refractivity contribution in [2.45, 2.75) is 18.9 Å². The van der Waals surface area contributed by atoms with Gasteiger partial charge in [-0.25, -0.2) is 4.90 Å². The van der Waals surface area contributed by atoms with Crippen molar-refractivity contribution >= 4 is 12.0 Å². The Balaban J connectivity index is 1.87. The average Bonchev–Trinajstić information content (AvgIpc) is 2.78. The van der Waals surface area contributed by atoms with Gasteiger partial charge >= 0.3 is 0 Å². The number of rotatable bonds is 1. The van der Waals surface area contributed by atoms with Crippen LogP contribution in [0.5, 0.6) is 0 Å². The average molecular weight is 187 g/mol. The molecule has 0 unspecified atom stereocenters. The lowest BCUT2D eigenvalue weighted by atomic mass is 10.2. The van der Waals surface area contributed by atoms with E-state index in [1.807, 2.05) is 0 Å². The van der Waals surface area contributed by atoms with E-state index in [2.05, 4.69) is 46.1 Å². The molecule has 0 amide bonds. The SMILES string of the molecule is C1=[N+]2CCC[C@H]2CN1c1ccccc1. The minimum atomic E-state index is 0.773. The van der Waals surface area contributed by atoms with Gasteiger partial charge in [0.2, 0.25) is 6.34 Å². The Labute approximate surface area is 84.5 Å². The van der Waals surface area contributed by atoms with Gasteiger partial charge in [-0.05, 0) is 25.0 Å². The van der Waals surface area contributed by atoms with Crippen molar-refractivity contribution in [1.82, 2.24) is 0 Å². The largest absolute Gasteiger partial charge is 0.261 e. The predicted octanol–water partition coefficient (Wildman–Crippen LogP) is 1.71. The first-order valence-corrected chi connectivity index (χ1v) is 5.36. The highest BCUT2D eigenvalue weighted by molar-refractivity contribution is 5.77. The molecule has 1 aromatic carbocycles. The zero-order chi connectivity index (χ0) is 9.38. The minimum absolute atomic E-state index is 0.773. The standard InChI is InChI=1S/C12H15N2/c1-2-5-11(6-3-1)14-9-12-7-4-8-13(12)10-14/h1-3,5-6,10,12H,4,7-9H2/q+1/t12-/m0/s1. The molecule has 14 heavy (non-hydrogen) atoms. The molecule has 0 N–H and O–H groups in total. The van der Waals surface area contributed by atoms with Gasteiger partial charge in [0.05, 0.1) is 6.54 Å². The summed E-state index contributed by atoms with van der Waals surface area (Å²) in [6, 6.07) is 11.4. The number of hydrogen-bond donors (Lipinski definition) is 0. The highest BCUT2D eigenvalue weighted by atomic mass is 15.3. The maximum atomic E-state index is 2.48. The number of anilines is 1. The van der Waals surface area contributed by atoms with Crippen molar-refractivity contribution in [3.8, 4) is 0 Å². The molecule has 1 saturated heterocycles. The third-order valence-electron chi connectivity index (χ3n) is 3.21. The maximum Gasteiger partial charge on any atom is 0.239 e. The van der Waals surface area contributed by atoms with Gasteiger partial charge in [0.25, 0.3) is 0 Å². The van der Waals surface area contributed by atoms with E-state index in [-0.39, 0.29) is 0 Å². The fraction of sp³-hybridized carbons (Fsp3) is 0.417. The van der Waals surface area contributed by atoms with Gasteiger partial charge in [-0.1, -0.05) is 18.2 Å². The van der Waals surface area contributed by atoms with E-state index in [0.717, 1.165) is 6.04 Å². The second kappa shape index (κ2) is 3.12. The van der Waals surface area contributed by atoms with Crippen LogP contribution >= 0.6 is 0 Å². The molecule has 0 spiro atoms. The van der Waals surface area contributed by atoms with Crippen LogP contribution in [0.2, 0.25) is 0 Å². The topological polar surface area (TPSA) is 6.25 Å². The molecule has 0 radical (unpaired) electrons.